The molecule has 5 nitrogen and oxygen atoms in total. The second-order valence-electron chi connectivity index (χ2n) is 4.97. The summed E-state index contributed by atoms with van der Waals surface area (Å²) in [5.41, 5.74) is 1.58. The number of fused-ring (bicyclic) bond motifs is 1. The number of methoxy groups -OCH3 is 1. The number of nitrogens with zero attached hydrogens (tertiary/aromatic N) is 4. The molecule has 0 saturated carbocycles. The lowest BCUT2D eigenvalue weighted by atomic mass is 10.2. The van der Waals surface area contributed by atoms with Crippen molar-refractivity contribution in [3.8, 4) is 11.4 Å². The van der Waals surface area contributed by atoms with Gasteiger partial charge in [0.1, 0.15) is 22.4 Å². The molecule has 114 valence electrons. The topological polar surface area (TPSA) is 43.2 Å². The number of rotatable bonds is 3. The first-order valence-electron chi connectivity index (χ1n) is 6.57. The zero-order valence-electron chi connectivity index (χ0n) is 12.3. The maximum atomic E-state index is 6.15. The molecule has 22 heavy (non-hydrogen) atoms. The molecular formula is C15H14Cl2N4O. The van der Waals surface area contributed by atoms with Crippen LogP contribution in [0.2, 0.25) is 10.2 Å². The van der Waals surface area contributed by atoms with E-state index in [2.05, 4.69) is 10.1 Å². The lowest BCUT2D eigenvalue weighted by Crippen LogP contribution is -2.11. The Bertz CT molecular complexity index is 845. The van der Waals surface area contributed by atoms with E-state index >= 15 is 0 Å². The highest BCUT2D eigenvalue weighted by Crippen LogP contribution is 2.32. The molecule has 0 atom stereocenters. The lowest BCUT2D eigenvalue weighted by molar-refractivity contribution is 0.412. The van der Waals surface area contributed by atoms with Crippen LogP contribution in [0, 0.1) is 0 Å². The Morgan fingerprint density at radius 2 is 1.95 bits per heavy atom. The number of benzene rings is 1. The van der Waals surface area contributed by atoms with Gasteiger partial charge in [-0.25, -0.2) is 9.67 Å². The van der Waals surface area contributed by atoms with Crippen molar-refractivity contribution in [3.63, 3.8) is 0 Å². The van der Waals surface area contributed by atoms with Crippen LogP contribution in [-0.2, 0) is 0 Å². The Hall–Kier alpha value is -1.98. The van der Waals surface area contributed by atoms with Crippen LogP contribution in [0.3, 0.4) is 0 Å². The van der Waals surface area contributed by atoms with Crippen LogP contribution in [0.15, 0.2) is 30.5 Å². The molecule has 0 fully saturated rings. The van der Waals surface area contributed by atoms with Gasteiger partial charge >= 0.3 is 0 Å². The van der Waals surface area contributed by atoms with Crippen molar-refractivity contribution in [1.29, 1.82) is 0 Å². The summed E-state index contributed by atoms with van der Waals surface area (Å²) in [5.74, 6) is 1.43. The number of anilines is 1. The minimum absolute atomic E-state index is 0.402. The van der Waals surface area contributed by atoms with Crippen LogP contribution < -0.4 is 9.64 Å². The summed E-state index contributed by atoms with van der Waals surface area (Å²) in [6.07, 6.45) is 1.76. The Morgan fingerprint density at radius 1 is 1.18 bits per heavy atom. The first-order chi connectivity index (χ1) is 10.5. The summed E-state index contributed by atoms with van der Waals surface area (Å²) >= 11 is 12.3. The molecule has 0 aliphatic heterocycles. The Labute approximate surface area is 138 Å². The van der Waals surface area contributed by atoms with Crippen LogP contribution in [0.1, 0.15) is 0 Å². The largest absolute Gasteiger partial charge is 0.494 e. The smallest absolute Gasteiger partial charge is 0.144 e. The number of aromatic nitrogens is 3. The highest BCUT2D eigenvalue weighted by atomic mass is 35.5. The van der Waals surface area contributed by atoms with Crippen molar-refractivity contribution >= 4 is 39.9 Å². The quantitative estimate of drug-likeness (QED) is 0.682. The monoisotopic (exact) mass is 336 g/mol. The van der Waals surface area contributed by atoms with E-state index in [0.717, 1.165) is 22.4 Å². The maximum absolute atomic E-state index is 6.15. The average Bonchev–Trinajstić information content (AvgIpc) is 2.89. The molecule has 0 spiro atoms. The van der Waals surface area contributed by atoms with Crippen molar-refractivity contribution in [2.24, 2.45) is 0 Å². The molecule has 0 aliphatic carbocycles. The number of halogens is 2. The molecule has 3 aromatic rings. The van der Waals surface area contributed by atoms with Gasteiger partial charge in [-0.2, -0.15) is 5.10 Å². The number of pyridine rings is 1. The summed E-state index contributed by atoms with van der Waals surface area (Å²) in [5, 5.41) is 6.36. The van der Waals surface area contributed by atoms with Crippen LogP contribution >= 0.6 is 23.2 Å². The summed E-state index contributed by atoms with van der Waals surface area (Å²) in [6, 6.07) is 7.16. The van der Waals surface area contributed by atoms with Crippen LogP contribution in [0.25, 0.3) is 16.6 Å². The van der Waals surface area contributed by atoms with Gasteiger partial charge in [0.2, 0.25) is 0 Å². The summed E-state index contributed by atoms with van der Waals surface area (Å²) in [6.45, 7) is 0. The first-order valence-corrected chi connectivity index (χ1v) is 7.32. The third-order valence-corrected chi connectivity index (χ3v) is 3.74. The van der Waals surface area contributed by atoms with E-state index in [1.807, 2.05) is 19.0 Å². The minimum atomic E-state index is 0.402. The van der Waals surface area contributed by atoms with Gasteiger partial charge in [0.25, 0.3) is 0 Å². The number of hydrogen-bond acceptors (Lipinski definition) is 4. The van der Waals surface area contributed by atoms with Crippen LogP contribution in [-0.4, -0.2) is 36.0 Å². The van der Waals surface area contributed by atoms with E-state index in [0.29, 0.717) is 15.9 Å². The highest BCUT2D eigenvalue weighted by molar-refractivity contribution is 6.31. The molecule has 0 unspecified atom stereocenters. The van der Waals surface area contributed by atoms with Gasteiger partial charge in [-0.15, -0.1) is 0 Å². The Kier molecular flexibility index (Phi) is 3.85. The van der Waals surface area contributed by atoms with Crippen molar-refractivity contribution in [3.05, 3.63) is 40.6 Å². The van der Waals surface area contributed by atoms with Gasteiger partial charge < -0.3 is 9.64 Å². The van der Waals surface area contributed by atoms with E-state index in [1.54, 1.807) is 42.3 Å². The van der Waals surface area contributed by atoms with E-state index in [9.17, 15) is 0 Å². The third kappa shape index (κ3) is 2.46. The second kappa shape index (κ2) is 5.66. The molecular weight excluding hydrogens is 323 g/mol. The predicted molar refractivity (Wildman–Crippen MR) is 89.8 cm³/mol. The second-order valence-corrected chi connectivity index (χ2v) is 5.79. The van der Waals surface area contributed by atoms with Gasteiger partial charge in [-0.3, -0.25) is 0 Å². The molecule has 0 radical (unpaired) electrons. The summed E-state index contributed by atoms with van der Waals surface area (Å²) < 4.78 is 7.15. The molecule has 2 aromatic heterocycles. The van der Waals surface area contributed by atoms with E-state index in [1.165, 1.54) is 0 Å². The SMILES string of the molecule is COc1ccc(Cl)cc1-n1ncc2c(N(C)C)nc(Cl)cc21. The first kappa shape index (κ1) is 14.9. The molecule has 0 aliphatic rings. The predicted octanol–water partition coefficient (Wildman–Crippen LogP) is 3.80. The lowest BCUT2D eigenvalue weighted by Gasteiger charge is -2.14. The molecule has 0 bridgehead atoms. The number of hydrogen-bond donors (Lipinski definition) is 0. The molecule has 1 aromatic carbocycles. The zero-order valence-corrected chi connectivity index (χ0v) is 13.9. The van der Waals surface area contributed by atoms with Crippen molar-refractivity contribution < 1.29 is 4.74 Å². The zero-order chi connectivity index (χ0) is 15.9. The fourth-order valence-corrected chi connectivity index (χ4v) is 2.69. The highest BCUT2D eigenvalue weighted by Gasteiger charge is 2.15. The molecule has 2 heterocycles. The molecule has 0 N–H and O–H groups in total. The summed E-state index contributed by atoms with van der Waals surface area (Å²) in [7, 11) is 5.43. The fourth-order valence-electron chi connectivity index (χ4n) is 2.34. The van der Waals surface area contributed by atoms with E-state index in [4.69, 9.17) is 27.9 Å². The van der Waals surface area contributed by atoms with E-state index < -0.39 is 0 Å². The molecule has 3 rings (SSSR count). The van der Waals surface area contributed by atoms with Crippen LogP contribution in [0.5, 0.6) is 5.75 Å². The normalized spacial score (nSPS) is 11.0. The van der Waals surface area contributed by atoms with Crippen LogP contribution in [0.4, 0.5) is 5.82 Å². The fraction of sp³-hybridized carbons (Fsp3) is 0.200. The van der Waals surface area contributed by atoms with Gasteiger partial charge in [0, 0.05) is 25.2 Å². The van der Waals surface area contributed by atoms with Gasteiger partial charge in [0.05, 0.1) is 24.2 Å². The van der Waals surface area contributed by atoms with Gasteiger partial charge in [0.15, 0.2) is 0 Å². The Morgan fingerprint density at radius 3 is 2.64 bits per heavy atom. The Balaban J connectivity index is 2.31. The third-order valence-electron chi connectivity index (χ3n) is 3.31. The van der Waals surface area contributed by atoms with Crippen molar-refractivity contribution in [2.45, 2.75) is 0 Å². The molecule has 7 heteroatoms. The van der Waals surface area contributed by atoms with E-state index in [-0.39, 0.29) is 0 Å². The van der Waals surface area contributed by atoms with Crippen molar-refractivity contribution in [2.75, 3.05) is 26.1 Å². The van der Waals surface area contributed by atoms with Gasteiger partial charge in [-0.05, 0) is 18.2 Å². The standard InChI is InChI=1S/C15H14Cl2N4O/c1-20(2)15-10-8-18-21(11(10)7-14(17)19-15)12-6-9(16)4-5-13(12)22-3/h4-8H,1-3H3. The average molecular weight is 337 g/mol. The minimum Gasteiger partial charge on any atom is -0.494 e. The molecule has 0 saturated heterocycles. The number of ether oxygens (including phenoxy) is 1. The summed E-state index contributed by atoms with van der Waals surface area (Å²) in [4.78, 5) is 6.25. The van der Waals surface area contributed by atoms with Gasteiger partial charge in [-0.1, -0.05) is 23.2 Å². The molecule has 0 amide bonds. The van der Waals surface area contributed by atoms with Crippen molar-refractivity contribution in [1.82, 2.24) is 14.8 Å². The maximum Gasteiger partial charge on any atom is 0.144 e.